The van der Waals surface area contributed by atoms with Crippen LogP contribution in [0.5, 0.6) is 0 Å². The van der Waals surface area contributed by atoms with E-state index in [1.807, 2.05) is 74.0 Å². The Hall–Kier alpha value is -3.40. The zero-order valence-corrected chi connectivity index (χ0v) is 18.5. The molecule has 1 heterocycles. The summed E-state index contributed by atoms with van der Waals surface area (Å²) in [5.74, 6) is 0. The quantitative estimate of drug-likeness (QED) is 0.425. The van der Waals surface area contributed by atoms with Crippen LogP contribution in [-0.2, 0) is 11.3 Å². The molecule has 0 spiro atoms. The smallest absolute Gasteiger partial charge is 0.207 e. The summed E-state index contributed by atoms with van der Waals surface area (Å²) in [7, 11) is 0. The molecule has 4 nitrogen and oxygen atoms in total. The molecule has 0 atom stereocenters. The minimum absolute atomic E-state index is 0.621. The molecule has 0 aliphatic carbocycles. The predicted octanol–water partition coefficient (Wildman–Crippen LogP) is 5.71. The topological polar surface area (TPSA) is 46.9 Å². The fourth-order valence-electron chi connectivity index (χ4n) is 3.13. The molecule has 0 saturated carbocycles. The normalized spacial score (nSPS) is 11.2. The number of rotatable bonds is 6. The maximum atomic E-state index is 9.98. The zero-order chi connectivity index (χ0) is 21.9. The van der Waals surface area contributed by atoms with E-state index in [4.69, 9.17) is 5.10 Å². The number of carbonyl (C=O) groups excluding carboxylic acids is 1. The molecule has 2 aromatic carbocycles. The van der Waals surface area contributed by atoms with Crippen LogP contribution in [0, 0.1) is 20.8 Å². The maximum absolute atomic E-state index is 9.98. The predicted molar refractivity (Wildman–Crippen MR) is 126 cm³/mol. The van der Waals surface area contributed by atoms with Gasteiger partial charge in [-0.15, -0.1) is 0 Å². The van der Waals surface area contributed by atoms with E-state index < -0.39 is 0 Å². The Balaban J connectivity index is 0.000000248. The van der Waals surface area contributed by atoms with Crippen molar-refractivity contribution in [2.24, 2.45) is 0 Å². The molecule has 4 heteroatoms. The molecule has 3 aromatic rings. The maximum Gasteiger partial charge on any atom is 0.207 e. The largest absolute Gasteiger partial charge is 0.355 e. The molecule has 1 N–H and O–H groups in total. The third-order valence-corrected chi connectivity index (χ3v) is 4.98. The molecule has 0 unspecified atom stereocenters. The van der Waals surface area contributed by atoms with Crippen molar-refractivity contribution in [3.05, 3.63) is 101 Å². The van der Waals surface area contributed by atoms with Gasteiger partial charge in [-0.25, -0.2) is 4.68 Å². The first kappa shape index (κ1) is 22.9. The van der Waals surface area contributed by atoms with Crippen LogP contribution < -0.4 is 5.32 Å². The van der Waals surface area contributed by atoms with Crippen molar-refractivity contribution in [1.29, 1.82) is 0 Å². The number of nitrogens with one attached hydrogen (secondary N) is 1. The highest BCUT2D eigenvalue weighted by molar-refractivity contribution is 5.73. The SMILES string of the molecule is C/C=C\C(=C/C)c1nn(-c2ccccc2)c(C)c1C.Cc1ccccc1CNC=O. The van der Waals surface area contributed by atoms with Gasteiger partial charge in [-0.1, -0.05) is 60.7 Å². The number of benzene rings is 2. The Labute approximate surface area is 180 Å². The summed E-state index contributed by atoms with van der Waals surface area (Å²) >= 11 is 0. The number of nitrogens with zero attached hydrogens (tertiary/aromatic N) is 2. The molecule has 0 radical (unpaired) electrons. The third kappa shape index (κ3) is 5.80. The lowest BCUT2D eigenvalue weighted by molar-refractivity contribution is -0.109. The molecule has 1 amide bonds. The molecule has 1 aromatic heterocycles. The molecule has 0 bridgehead atoms. The summed E-state index contributed by atoms with van der Waals surface area (Å²) in [5, 5.41) is 7.39. The van der Waals surface area contributed by atoms with Crippen LogP contribution in [0.3, 0.4) is 0 Å². The van der Waals surface area contributed by atoms with Crippen molar-refractivity contribution in [3.8, 4) is 5.69 Å². The Morgan fingerprint density at radius 1 is 1.00 bits per heavy atom. The van der Waals surface area contributed by atoms with Gasteiger partial charge in [-0.2, -0.15) is 5.10 Å². The Morgan fingerprint density at radius 3 is 2.27 bits per heavy atom. The van der Waals surface area contributed by atoms with Gasteiger partial charge >= 0.3 is 0 Å². The molecule has 0 fully saturated rings. The average Bonchev–Trinajstić information content (AvgIpc) is 3.07. The minimum Gasteiger partial charge on any atom is -0.355 e. The molecule has 0 aliphatic rings. The highest BCUT2D eigenvalue weighted by Gasteiger charge is 2.13. The third-order valence-electron chi connectivity index (χ3n) is 4.98. The summed E-state index contributed by atoms with van der Waals surface area (Å²) < 4.78 is 2.01. The lowest BCUT2D eigenvalue weighted by atomic mass is 10.1. The first-order chi connectivity index (χ1) is 14.5. The highest BCUT2D eigenvalue weighted by Crippen LogP contribution is 2.24. The second-order valence-electron chi connectivity index (χ2n) is 6.98. The van der Waals surface area contributed by atoms with Crippen LogP contribution in [0.1, 0.15) is 41.9 Å². The lowest BCUT2D eigenvalue weighted by Crippen LogP contribution is -2.10. The number of aromatic nitrogens is 2. The zero-order valence-electron chi connectivity index (χ0n) is 18.5. The molecular formula is C26H31N3O. The van der Waals surface area contributed by atoms with Crippen molar-refractivity contribution in [2.45, 2.75) is 41.2 Å². The molecule has 0 saturated heterocycles. The van der Waals surface area contributed by atoms with E-state index in [1.165, 1.54) is 22.4 Å². The van der Waals surface area contributed by atoms with E-state index in [0.717, 1.165) is 17.0 Å². The van der Waals surface area contributed by atoms with Gasteiger partial charge in [-0.05, 0) is 69.0 Å². The fourth-order valence-corrected chi connectivity index (χ4v) is 3.13. The van der Waals surface area contributed by atoms with Crippen LogP contribution >= 0.6 is 0 Å². The second kappa shape index (κ2) is 11.6. The fraction of sp³-hybridized carbons (Fsp3) is 0.231. The highest BCUT2D eigenvalue weighted by atomic mass is 16.1. The molecule has 156 valence electrons. The van der Waals surface area contributed by atoms with E-state index >= 15 is 0 Å². The monoisotopic (exact) mass is 401 g/mol. The summed E-state index contributed by atoms with van der Waals surface area (Å²) in [6, 6.07) is 18.2. The lowest BCUT2D eigenvalue weighted by Gasteiger charge is -2.03. The standard InChI is InChI=1S/C17H20N2.C9H11NO/c1-5-10-15(6-2)17-13(3)14(4)19(18-17)16-11-8-7-9-12-16;1-8-4-2-3-5-9(8)6-10-7-11/h5-12H,1-4H3;2-5,7H,6H2,1H3,(H,10,11)/b10-5-,15-6+;. The van der Waals surface area contributed by atoms with Gasteiger partial charge in [0.05, 0.1) is 11.4 Å². The van der Waals surface area contributed by atoms with E-state index in [1.54, 1.807) is 0 Å². The molecular weight excluding hydrogens is 370 g/mol. The van der Waals surface area contributed by atoms with Gasteiger partial charge in [0.2, 0.25) is 6.41 Å². The van der Waals surface area contributed by atoms with E-state index in [2.05, 4.69) is 43.4 Å². The number of carbonyl (C=O) groups is 1. The van der Waals surface area contributed by atoms with Crippen LogP contribution in [-0.4, -0.2) is 16.2 Å². The summed E-state index contributed by atoms with van der Waals surface area (Å²) in [5.41, 5.74) is 8.12. The second-order valence-corrected chi connectivity index (χ2v) is 6.98. The van der Waals surface area contributed by atoms with Gasteiger partial charge < -0.3 is 5.32 Å². The van der Waals surface area contributed by atoms with Crippen molar-refractivity contribution < 1.29 is 4.79 Å². The number of allylic oxidation sites excluding steroid dienone is 4. The summed E-state index contributed by atoms with van der Waals surface area (Å²) in [4.78, 5) is 9.98. The Kier molecular flexibility index (Phi) is 8.82. The molecule has 3 rings (SSSR count). The number of para-hydroxylation sites is 1. The first-order valence-electron chi connectivity index (χ1n) is 10.2. The Bertz CT molecular complexity index is 1010. The summed E-state index contributed by atoms with van der Waals surface area (Å²) in [6.45, 7) is 11.0. The molecule has 30 heavy (non-hydrogen) atoms. The van der Waals surface area contributed by atoms with Crippen molar-refractivity contribution >= 4 is 12.0 Å². The van der Waals surface area contributed by atoms with E-state index in [0.29, 0.717) is 13.0 Å². The van der Waals surface area contributed by atoms with Crippen LogP contribution in [0.2, 0.25) is 0 Å². The van der Waals surface area contributed by atoms with Crippen LogP contribution in [0.15, 0.2) is 72.8 Å². The molecule has 0 aliphatic heterocycles. The first-order valence-corrected chi connectivity index (χ1v) is 10.2. The number of amides is 1. The summed E-state index contributed by atoms with van der Waals surface area (Å²) in [6.07, 6.45) is 6.96. The van der Waals surface area contributed by atoms with Gasteiger partial charge in [0.25, 0.3) is 0 Å². The van der Waals surface area contributed by atoms with Crippen LogP contribution in [0.25, 0.3) is 11.3 Å². The van der Waals surface area contributed by atoms with Crippen LogP contribution in [0.4, 0.5) is 0 Å². The average molecular weight is 402 g/mol. The minimum atomic E-state index is 0.621. The Morgan fingerprint density at radius 2 is 1.67 bits per heavy atom. The van der Waals surface area contributed by atoms with Gasteiger partial charge in [0, 0.05) is 12.2 Å². The number of aryl methyl sites for hydroxylation is 1. The van der Waals surface area contributed by atoms with Crippen molar-refractivity contribution in [1.82, 2.24) is 15.1 Å². The van der Waals surface area contributed by atoms with E-state index in [9.17, 15) is 4.79 Å². The van der Waals surface area contributed by atoms with Gasteiger partial charge in [-0.3, -0.25) is 4.79 Å². The number of hydrogen-bond acceptors (Lipinski definition) is 2. The number of hydrogen-bond donors (Lipinski definition) is 1. The van der Waals surface area contributed by atoms with Crippen molar-refractivity contribution in [2.75, 3.05) is 0 Å². The van der Waals surface area contributed by atoms with Crippen molar-refractivity contribution in [3.63, 3.8) is 0 Å². The van der Waals surface area contributed by atoms with E-state index in [-0.39, 0.29) is 0 Å². The van der Waals surface area contributed by atoms with Gasteiger partial charge in [0.1, 0.15) is 0 Å². The van der Waals surface area contributed by atoms with Gasteiger partial charge in [0.15, 0.2) is 0 Å².